The number of aliphatic hydroxyl groups is 2. The molecule has 0 aromatic heterocycles. The number of fused-ring (bicyclic) bond motifs is 2. The molecule has 0 amide bonds. The Hall–Kier alpha value is -1.14. The van der Waals surface area contributed by atoms with E-state index < -0.39 is 11.2 Å². The minimum absolute atomic E-state index is 0.170. The first-order valence-electron chi connectivity index (χ1n) is 9.93. The number of ether oxygens (including phenoxy) is 1. The Bertz CT molecular complexity index is 633. The second-order valence-electron chi connectivity index (χ2n) is 9.09. The summed E-state index contributed by atoms with van der Waals surface area (Å²) in [6.45, 7) is 8.76. The first kappa shape index (κ1) is 20.6. The second-order valence-corrected chi connectivity index (χ2v) is 9.09. The lowest BCUT2D eigenvalue weighted by Crippen LogP contribution is -2.49. The van der Waals surface area contributed by atoms with E-state index in [2.05, 4.69) is 24.3 Å². The van der Waals surface area contributed by atoms with Crippen LogP contribution in [0.4, 0.5) is 0 Å². The summed E-state index contributed by atoms with van der Waals surface area (Å²) in [5, 5.41) is 20.2. The molecular formula is C22H32BO4. The van der Waals surface area contributed by atoms with Gasteiger partial charge in [0.1, 0.15) is 0 Å². The van der Waals surface area contributed by atoms with Crippen molar-refractivity contribution in [1.29, 1.82) is 0 Å². The van der Waals surface area contributed by atoms with Gasteiger partial charge in [-0.05, 0) is 63.9 Å². The Labute approximate surface area is 163 Å². The Morgan fingerprint density at radius 2 is 1.67 bits per heavy atom. The lowest BCUT2D eigenvalue weighted by molar-refractivity contribution is -0.0893. The van der Waals surface area contributed by atoms with Crippen LogP contribution in [-0.2, 0) is 9.39 Å². The van der Waals surface area contributed by atoms with E-state index in [9.17, 15) is 10.2 Å². The van der Waals surface area contributed by atoms with E-state index in [1.165, 1.54) is 0 Å². The van der Waals surface area contributed by atoms with Crippen molar-refractivity contribution in [1.82, 2.24) is 0 Å². The van der Waals surface area contributed by atoms with Crippen LogP contribution in [0, 0.1) is 17.8 Å². The number of hydrogen-bond acceptors (Lipinski definition) is 4. The van der Waals surface area contributed by atoms with Crippen molar-refractivity contribution < 1.29 is 19.6 Å². The van der Waals surface area contributed by atoms with E-state index in [-0.39, 0.29) is 6.10 Å². The zero-order valence-electron chi connectivity index (χ0n) is 16.9. The summed E-state index contributed by atoms with van der Waals surface area (Å²) in [7, 11) is 1.70. The summed E-state index contributed by atoms with van der Waals surface area (Å²) in [5.41, 5.74) is 0.521. The van der Waals surface area contributed by atoms with Gasteiger partial charge in [0, 0.05) is 0 Å². The van der Waals surface area contributed by atoms with Gasteiger partial charge in [-0.1, -0.05) is 41.9 Å². The lowest BCUT2D eigenvalue weighted by atomic mass is 9.70. The Morgan fingerprint density at radius 3 is 2.22 bits per heavy atom. The fraction of sp³-hybridized carbons (Fsp3) is 0.636. The molecule has 2 aliphatic rings. The number of allylic oxidation sites excluding steroid dienone is 1. The molecule has 5 heteroatoms. The van der Waals surface area contributed by atoms with Gasteiger partial charge in [-0.15, -0.1) is 0 Å². The third kappa shape index (κ3) is 5.02. The van der Waals surface area contributed by atoms with Gasteiger partial charge in [-0.2, -0.15) is 0 Å². The smallest absolute Gasteiger partial charge is 0.330 e. The summed E-state index contributed by atoms with van der Waals surface area (Å²) in [6.07, 6.45) is 5.99. The molecule has 4 nitrogen and oxygen atoms in total. The van der Waals surface area contributed by atoms with Gasteiger partial charge in [-0.3, -0.25) is 0 Å². The summed E-state index contributed by atoms with van der Waals surface area (Å²) in [4.78, 5) is 0. The highest BCUT2D eigenvalue weighted by Crippen LogP contribution is 2.40. The Morgan fingerprint density at radius 1 is 1.07 bits per heavy atom. The van der Waals surface area contributed by atoms with Crippen LogP contribution < -0.4 is 5.46 Å². The minimum Gasteiger partial charge on any atom is -0.427 e. The van der Waals surface area contributed by atoms with Crippen LogP contribution in [0.25, 0.3) is 6.08 Å². The van der Waals surface area contributed by atoms with Gasteiger partial charge in [0.2, 0.25) is 0 Å². The number of hydrogen-bond donors (Lipinski definition) is 2. The van der Waals surface area contributed by atoms with Gasteiger partial charge in [-0.25, -0.2) is 0 Å². The van der Waals surface area contributed by atoms with E-state index in [1.807, 2.05) is 26.0 Å². The SMILES string of the molecule is CC(C)(O)C(C)(C)O[B]c1ccc(C=CC2C3COCC2CC(O)C3)cc1. The first-order valence-corrected chi connectivity index (χ1v) is 9.93. The van der Waals surface area contributed by atoms with Crippen molar-refractivity contribution in [3.8, 4) is 0 Å². The highest BCUT2D eigenvalue weighted by molar-refractivity contribution is 6.47. The average molecular weight is 371 g/mol. The zero-order valence-corrected chi connectivity index (χ0v) is 16.9. The molecule has 0 spiro atoms. The molecular weight excluding hydrogens is 339 g/mol. The topological polar surface area (TPSA) is 58.9 Å². The van der Waals surface area contributed by atoms with Crippen molar-refractivity contribution in [2.45, 2.75) is 57.8 Å². The molecule has 1 saturated heterocycles. The maximum absolute atomic E-state index is 10.2. The van der Waals surface area contributed by atoms with Gasteiger partial charge < -0.3 is 19.6 Å². The normalized spacial score (nSPS) is 29.1. The van der Waals surface area contributed by atoms with Crippen LogP contribution in [0.3, 0.4) is 0 Å². The number of benzene rings is 1. The van der Waals surface area contributed by atoms with Crippen LogP contribution in [0.15, 0.2) is 30.3 Å². The molecule has 1 aliphatic carbocycles. The summed E-state index contributed by atoms with van der Waals surface area (Å²) >= 11 is 0. The molecule has 2 fully saturated rings. The molecule has 2 bridgehead atoms. The molecule has 1 heterocycles. The molecule has 1 aromatic rings. The minimum atomic E-state index is -0.929. The molecule has 2 unspecified atom stereocenters. The van der Waals surface area contributed by atoms with Crippen molar-refractivity contribution in [3.63, 3.8) is 0 Å². The third-order valence-corrected chi connectivity index (χ3v) is 6.31. The predicted octanol–water partition coefficient (Wildman–Crippen LogP) is 2.54. The van der Waals surface area contributed by atoms with Crippen LogP contribution in [0.5, 0.6) is 0 Å². The van der Waals surface area contributed by atoms with Crippen LogP contribution in [0.2, 0.25) is 0 Å². The fourth-order valence-electron chi connectivity index (χ4n) is 3.81. The zero-order chi connectivity index (χ0) is 19.7. The molecule has 2 N–H and O–H groups in total. The highest BCUT2D eigenvalue weighted by Gasteiger charge is 2.39. The number of aliphatic hydroxyl groups excluding tert-OH is 1. The predicted molar refractivity (Wildman–Crippen MR) is 109 cm³/mol. The van der Waals surface area contributed by atoms with Crippen LogP contribution in [0.1, 0.15) is 46.1 Å². The van der Waals surface area contributed by atoms with Gasteiger partial charge in [0.15, 0.2) is 0 Å². The van der Waals surface area contributed by atoms with Crippen LogP contribution in [-0.4, -0.2) is 48.2 Å². The number of rotatable bonds is 6. The van der Waals surface area contributed by atoms with E-state index in [0.29, 0.717) is 17.8 Å². The van der Waals surface area contributed by atoms with E-state index in [4.69, 9.17) is 9.39 Å². The van der Waals surface area contributed by atoms with Crippen molar-refractivity contribution in [2.24, 2.45) is 17.8 Å². The molecule has 2 atom stereocenters. The second kappa shape index (κ2) is 8.08. The highest BCUT2D eigenvalue weighted by atomic mass is 16.5. The van der Waals surface area contributed by atoms with Gasteiger partial charge in [0.05, 0.1) is 30.5 Å². The maximum atomic E-state index is 10.2. The first-order chi connectivity index (χ1) is 12.7. The van der Waals surface area contributed by atoms with Crippen molar-refractivity contribution in [3.05, 3.63) is 35.9 Å². The monoisotopic (exact) mass is 371 g/mol. The van der Waals surface area contributed by atoms with Gasteiger partial charge >= 0.3 is 7.48 Å². The largest absolute Gasteiger partial charge is 0.427 e. The molecule has 1 saturated carbocycles. The molecule has 1 aliphatic heterocycles. The molecule has 27 heavy (non-hydrogen) atoms. The lowest BCUT2D eigenvalue weighted by Gasteiger charge is -2.43. The fourth-order valence-corrected chi connectivity index (χ4v) is 3.81. The molecule has 147 valence electrons. The van der Waals surface area contributed by atoms with Gasteiger partial charge in [0.25, 0.3) is 0 Å². The quantitative estimate of drug-likeness (QED) is 0.755. The Kier molecular flexibility index (Phi) is 6.16. The molecule has 3 rings (SSSR count). The van der Waals surface area contributed by atoms with E-state index >= 15 is 0 Å². The molecule has 1 aromatic carbocycles. The van der Waals surface area contributed by atoms with Crippen molar-refractivity contribution in [2.75, 3.05) is 13.2 Å². The van der Waals surface area contributed by atoms with Crippen molar-refractivity contribution >= 4 is 19.0 Å². The van der Waals surface area contributed by atoms with E-state index in [0.717, 1.165) is 37.1 Å². The summed E-state index contributed by atoms with van der Waals surface area (Å²) in [5.74, 6) is 1.34. The third-order valence-electron chi connectivity index (χ3n) is 6.31. The van der Waals surface area contributed by atoms with E-state index in [1.54, 1.807) is 21.3 Å². The van der Waals surface area contributed by atoms with Crippen LogP contribution >= 0.6 is 0 Å². The maximum Gasteiger partial charge on any atom is 0.330 e. The molecule has 1 radical (unpaired) electrons. The average Bonchev–Trinajstić information content (AvgIpc) is 2.58. The summed E-state index contributed by atoms with van der Waals surface area (Å²) in [6, 6.07) is 8.20. The summed E-state index contributed by atoms with van der Waals surface area (Å²) < 4.78 is 11.5. The standard InChI is InChI=1S/C22H32BO4/c1-21(2,25)22(3,4)27-23-18-8-5-15(6-9-18)7-10-20-16-11-19(24)12-17(20)14-26-13-16/h5-10,16-17,19-20,24-25H,11-14H2,1-4H3. The Balaban J connectivity index is 1.59.